The molecule has 3 rings (SSSR count). The van der Waals surface area contributed by atoms with Crippen molar-refractivity contribution in [1.29, 1.82) is 0 Å². The Balaban J connectivity index is -0.00000157. The first-order valence-corrected chi connectivity index (χ1v) is 8.67. The summed E-state index contributed by atoms with van der Waals surface area (Å²) in [4.78, 5) is 12.5. The second kappa shape index (κ2) is 15.0. The van der Waals surface area contributed by atoms with E-state index in [4.69, 9.17) is 9.47 Å². The molecule has 2 aromatic heterocycles. The summed E-state index contributed by atoms with van der Waals surface area (Å²) in [7, 11) is 1.34. The molecule has 1 unspecified atom stereocenters. The second-order valence-electron chi connectivity index (χ2n) is 5.02. The van der Waals surface area contributed by atoms with Gasteiger partial charge in [-0.1, -0.05) is 6.07 Å². The van der Waals surface area contributed by atoms with E-state index in [0.717, 1.165) is 0 Å². The van der Waals surface area contributed by atoms with Crippen LogP contribution in [-0.4, -0.2) is 56.9 Å². The van der Waals surface area contributed by atoms with Crippen LogP contribution >= 0.6 is 0 Å². The fourth-order valence-electron chi connectivity index (χ4n) is 2.34. The van der Waals surface area contributed by atoms with Crippen molar-refractivity contribution in [2.75, 3.05) is 14.2 Å². The molecule has 2 heterocycles. The SMILES string of the molecule is COc1ccnc(CS(=O)c2nc3cc(OC(F)F)ccc3[n-]2)c1OC.O.O.O.O.[Na+]. The van der Waals surface area contributed by atoms with Gasteiger partial charge in [-0.05, 0) is 23.2 Å². The molecular formula is C16H22F2N3NaO8S. The van der Waals surface area contributed by atoms with Gasteiger partial charge in [0, 0.05) is 17.4 Å². The molecule has 0 saturated carbocycles. The molecule has 8 N–H and O–H groups in total. The Hall–Kier alpha value is -1.91. The van der Waals surface area contributed by atoms with Crippen molar-refractivity contribution >= 4 is 21.8 Å². The minimum atomic E-state index is -2.93. The van der Waals surface area contributed by atoms with Crippen LogP contribution in [-0.2, 0) is 16.6 Å². The van der Waals surface area contributed by atoms with Crippen LogP contribution in [0.1, 0.15) is 5.69 Å². The zero-order valence-corrected chi connectivity index (χ0v) is 19.6. The number of rotatable bonds is 7. The Morgan fingerprint density at radius 2 is 1.77 bits per heavy atom. The molecule has 0 amide bonds. The van der Waals surface area contributed by atoms with Gasteiger partial charge in [-0.15, -0.1) is 0 Å². The van der Waals surface area contributed by atoms with Crippen LogP contribution in [0, 0.1) is 0 Å². The van der Waals surface area contributed by atoms with Crippen LogP contribution in [0.25, 0.3) is 11.0 Å². The number of alkyl halides is 2. The fourth-order valence-corrected chi connectivity index (χ4v) is 3.32. The first kappa shape index (κ1) is 33.7. The van der Waals surface area contributed by atoms with Crippen molar-refractivity contribution in [1.82, 2.24) is 15.0 Å². The molecule has 0 aliphatic rings. The average Bonchev–Trinajstić information content (AvgIpc) is 3.04. The molecule has 31 heavy (non-hydrogen) atoms. The van der Waals surface area contributed by atoms with Crippen molar-refractivity contribution in [3.05, 3.63) is 36.2 Å². The second-order valence-corrected chi connectivity index (χ2v) is 6.36. The Kier molecular flexibility index (Phi) is 16.3. The van der Waals surface area contributed by atoms with Crippen LogP contribution < -0.4 is 48.8 Å². The van der Waals surface area contributed by atoms with Crippen LogP contribution in [0.4, 0.5) is 8.78 Å². The van der Waals surface area contributed by atoms with E-state index in [2.05, 4.69) is 19.7 Å². The van der Waals surface area contributed by atoms with Gasteiger partial charge >= 0.3 is 36.2 Å². The zero-order chi connectivity index (χ0) is 18.7. The van der Waals surface area contributed by atoms with Crippen molar-refractivity contribution in [3.63, 3.8) is 0 Å². The molecule has 0 fully saturated rings. The van der Waals surface area contributed by atoms with Crippen LogP contribution in [0.15, 0.2) is 35.6 Å². The maximum absolute atomic E-state index is 12.6. The number of halogens is 2. The summed E-state index contributed by atoms with van der Waals surface area (Å²) in [5, 5.41) is 0.0702. The maximum atomic E-state index is 12.6. The number of aromatic nitrogens is 3. The van der Waals surface area contributed by atoms with Crippen LogP contribution in [0.5, 0.6) is 17.2 Å². The largest absolute Gasteiger partial charge is 1.00 e. The third-order valence-electron chi connectivity index (χ3n) is 3.44. The van der Waals surface area contributed by atoms with Gasteiger partial charge in [-0.3, -0.25) is 9.19 Å². The Labute approximate surface area is 200 Å². The molecule has 1 atom stereocenters. The third-order valence-corrected chi connectivity index (χ3v) is 4.57. The summed E-state index contributed by atoms with van der Waals surface area (Å²) in [5.41, 5.74) is 1.18. The number of pyridine rings is 1. The molecule has 0 aliphatic heterocycles. The molecule has 11 nitrogen and oxygen atoms in total. The number of benzene rings is 1. The van der Waals surface area contributed by atoms with Crippen molar-refractivity contribution < 1.29 is 78.7 Å². The summed E-state index contributed by atoms with van der Waals surface area (Å²) in [6.45, 7) is -2.93. The van der Waals surface area contributed by atoms with Gasteiger partial charge in [0.15, 0.2) is 11.5 Å². The number of hydrogen-bond donors (Lipinski definition) is 0. The third kappa shape index (κ3) is 7.93. The van der Waals surface area contributed by atoms with E-state index < -0.39 is 17.4 Å². The van der Waals surface area contributed by atoms with Gasteiger partial charge in [-0.2, -0.15) is 8.78 Å². The summed E-state index contributed by atoms with van der Waals surface area (Å²) in [6.07, 6.45) is 1.52. The average molecular weight is 477 g/mol. The Morgan fingerprint density at radius 1 is 1.10 bits per heavy atom. The minimum absolute atomic E-state index is 0. The van der Waals surface area contributed by atoms with E-state index in [0.29, 0.717) is 28.2 Å². The van der Waals surface area contributed by atoms with E-state index in [9.17, 15) is 13.0 Å². The molecular weight excluding hydrogens is 455 g/mol. The van der Waals surface area contributed by atoms with Crippen molar-refractivity contribution in [3.8, 4) is 17.2 Å². The molecule has 0 spiro atoms. The first-order chi connectivity index (χ1) is 12.5. The van der Waals surface area contributed by atoms with Crippen molar-refractivity contribution in [2.24, 2.45) is 0 Å². The van der Waals surface area contributed by atoms with Gasteiger partial charge in [-0.25, -0.2) is 0 Å². The summed E-state index contributed by atoms with van der Waals surface area (Å²) in [5.74, 6) is 0.821. The van der Waals surface area contributed by atoms with E-state index in [1.54, 1.807) is 6.07 Å². The van der Waals surface area contributed by atoms with Crippen LogP contribution in [0.3, 0.4) is 0 Å². The molecule has 15 heteroatoms. The first-order valence-electron chi connectivity index (χ1n) is 7.35. The topological polar surface area (TPSA) is 211 Å². The number of imidazole rings is 1. The van der Waals surface area contributed by atoms with Gasteiger partial charge in [0.25, 0.3) is 0 Å². The Morgan fingerprint density at radius 3 is 2.35 bits per heavy atom. The summed E-state index contributed by atoms with van der Waals surface area (Å²) >= 11 is 0. The quantitative estimate of drug-likeness (QED) is 0.309. The number of fused-ring (bicyclic) bond motifs is 1. The van der Waals surface area contributed by atoms with Gasteiger partial charge in [0.05, 0.1) is 36.5 Å². The smallest absolute Gasteiger partial charge is 0.493 e. The number of methoxy groups -OCH3 is 2. The fraction of sp³-hybridized carbons (Fsp3) is 0.250. The molecule has 1 aromatic carbocycles. The number of nitrogens with zero attached hydrogens (tertiary/aromatic N) is 3. The van der Waals surface area contributed by atoms with Crippen LogP contribution in [0.2, 0.25) is 0 Å². The molecule has 0 radical (unpaired) electrons. The molecule has 0 saturated heterocycles. The normalized spacial score (nSPS) is 10.4. The van der Waals surface area contributed by atoms with Gasteiger partial charge < -0.3 is 46.1 Å². The molecule has 0 aliphatic carbocycles. The predicted molar refractivity (Wildman–Crippen MR) is 104 cm³/mol. The minimum Gasteiger partial charge on any atom is -0.493 e. The maximum Gasteiger partial charge on any atom is 1.00 e. The van der Waals surface area contributed by atoms with Gasteiger partial charge in [0.2, 0.25) is 0 Å². The Bertz CT molecular complexity index is 964. The number of ether oxygens (including phenoxy) is 3. The van der Waals surface area contributed by atoms with E-state index in [1.807, 2.05) is 0 Å². The van der Waals surface area contributed by atoms with E-state index >= 15 is 0 Å². The van der Waals surface area contributed by atoms with Gasteiger partial charge in [0.1, 0.15) is 5.75 Å². The van der Waals surface area contributed by atoms with Crippen molar-refractivity contribution in [2.45, 2.75) is 17.5 Å². The summed E-state index contributed by atoms with van der Waals surface area (Å²) in [6, 6.07) is 5.77. The standard InChI is InChI=1S/C16H14F2N3O4S.Na.4H2O/c1-23-13-5-6-19-12(14(13)24-2)8-26(22)16-20-10-4-3-9(25-15(17)18)7-11(10)21-16;;;;;/h3-7,15H,8H2,1-2H3;;4*1H2/q-1;+1;;;;. The predicted octanol–water partition coefficient (Wildman–Crippen LogP) is -3.78. The number of hydrogen-bond acceptors (Lipinski definition) is 6. The van der Waals surface area contributed by atoms with E-state index in [1.165, 1.54) is 38.6 Å². The monoisotopic (exact) mass is 477 g/mol. The van der Waals surface area contributed by atoms with E-state index in [-0.39, 0.29) is 68.1 Å². The molecule has 170 valence electrons. The molecule has 3 aromatic rings. The molecule has 0 bridgehead atoms. The summed E-state index contributed by atoms with van der Waals surface area (Å²) < 4.78 is 52.0. The zero-order valence-electron chi connectivity index (χ0n) is 16.8.